The number of aromatic nitrogens is 4. The molecule has 0 unspecified atom stereocenters. The monoisotopic (exact) mass is 260 g/mol. The van der Waals surface area contributed by atoms with Crippen LogP contribution in [0.2, 0.25) is 0 Å². The molecule has 0 aliphatic carbocycles. The normalized spacial score (nSPS) is 10.7. The first kappa shape index (κ1) is 13.5. The smallest absolute Gasteiger partial charge is 0.157 e. The van der Waals surface area contributed by atoms with Crippen LogP contribution < -0.4 is 10.6 Å². The van der Waals surface area contributed by atoms with Crippen molar-refractivity contribution < 1.29 is 0 Å². The Morgan fingerprint density at radius 2 is 1.84 bits per heavy atom. The van der Waals surface area contributed by atoms with Crippen molar-refractivity contribution in [1.82, 2.24) is 20.2 Å². The molecule has 0 aliphatic heterocycles. The van der Waals surface area contributed by atoms with Crippen LogP contribution in [-0.4, -0.2) is 39.8 Å². The Morgan fingerprint density at radius 1 is 1.16 bits per heavy atom. The predicted octanol–water partition coefficient (Wildman–Crippen LogP) is 1.01. The summed E-state index contributed by atoms with van der Waals surface area (Å²) in [6.07, 6.45) is 0.671. The van der Waals surface area contributed by atoms with E-state index in [1.807, 2.05) is 12.1 Å². The Labute approximate surface area is 113 Å². The van der Waals surface area contributed by atoms with Crippen LogP contribution in [-0.2, 0) is 6.42 Å². The van der Waals surface area contributed by atoms with Gasteiger partial charge in [-0.25, -0.2) is 0 Å². The van der Waals surface area contributed by atoms with E-state index >= 15 is 0 Å². The van der Waals surface area contributed by atoms with Crippen LogP contribution in [0.3, 0.4) is 0 Å². The van der Waals surface area contributed by atoms with Gasteiger partial charge in [0.2, 0.25) is 0 Å². The summed E-state index contributed by atoms with van der Waals surface area (Å²) >= 11 is 0. The summed E-state index contributed by atoms with van der Waals surface area (Å²) in [6.45, 7) is 6.84. The fraction of sp³-hybridized carbons (Fsp3) is 0.462. The molecule has 19 heavy (non-hydrogen) atoms. The van der Waals surface area contributed by atoms with E-state index < -0.39 is 0 Å². The zero-order chi connectivity index (χ0) is 13.7. The first-order chi connectivity index (χ1) is 9.30. The van der Waals surface area contributed by atoms with E-state index in [0.29, 0.717) is 13.0 Å². The van der Waals surface area contributed by atoms with Crippen LogP contribution in [0.15, 0.2) is 24.3 Å². The lowest BCUT2D eigenvalue weighted by Gasteiger charge is -2.21. The van der Waals surface area contributed by atoms with Crippen LogP contribution in [0.5, 0.6) is 0 Å². The van der Waals surface area contributed by atoms with Crippen molar-refractivity contribution in [3.05, 3.63) is 30.1 Å². The van der Waals surface area contributed by atoms with E-state index in [-0.39, 0.29) is 0 Å². The quantitative estimate of drug-likeness (QED) is 0.839. The van der Waals surface area contributed by atoms with E-state index in [4.69, 9.17) is 5.73 Å². The third-order valence-electron chi connectivity index (χ3n) is 3.12. The fourth-order valence-corrected chi connectivity index (χ4v) is 2.08. The number of anilines is 1. The van der Waals surface area contributed by atoms with E-state index in [1.165, 1.54) is 5.69 Å². The van der Waals surface area contributed by atoms with Gasteiger partial charge in [0.05, 0.1) is 5.69 Å². The highest BCUT2D eigenvalue weighted by Crippen LogP contribution is 2.17. The largest absolute Gasteiger partial charge is 0.372 e. The third kappa shape index (κ3) is 2.90. The van der Waals surface area contributed by atoms with Gasteiger partial charge in [-0.15, -0.1) is 5.10 Å². The maximum absolute atomic E-state index is 5.55. The van der Waals surface area contributed by atoms with Crippen molar-refractivity contribution >= 4 is 5.69 Å². The van der Waals surface area contributed by atoms with E-state index in [2.05, 4.69) is 46.4 Å². The summed E-state index contributed by atoms with van der Waals surface area (Å²) in [5.41, 5.74) is 7.72. The molecule has 0 amide bonds. The van der Waals surface area contributed by atoms with Gasteiger partial charge in [-0.3, -0.25) is 0 Å². The van der Waals surface area contributed by atoms with Crippen molar-refractivity contribution in [1.29, 1.82) is 0 Å². The number of tetrazole rings is 1. The molecule has 6 heteroatoms. The predicted molar refractivity (Wildman–Crippen MR) is 75.5 cm³/mol. The molecule has 0 saturated carbocycles. The van der Waals surface area contributed by atoms with Crippen molar-refractivity contribution in [3.63, 3.8) is 0 Å². The summed E-state index contributed by atoms with van der Waals surface area (Å²) in [6, 6.07) is 8.25. The van der Waals surface area contributed by atoms with Gasteiger partial charge in [-0.05, 0) is 55.1 Å². The maximum Gasteiger partial charge on any atom is 0.157 e. The number of nitrogens with two attached hydrogens (primary N) is 1. The minimum atomic E-state index is 0.540. The highest BCUT2D eigenvalue weighted by Gasteiger charge is 2.08. The molecule has 6 nitrogen and oxygen atoms in total. The number of hydrogen-bond acceptors (Lipinski definition) is 5. The summed E-state index contributed by atoms with van der Waals surface area (Å²) in [5, 5.41) is 11.7. The Morgan fingerprint density at radius 3 is 2.42 bits per heavy atom. The Kier molecular flexibility index (Phi) is 4.46. The van der Waals surface area contributed by atoms with E-state index in [9.17, 15) is 0 Å². The highest BCUT2D eigenvalue weighted by atomic mass is 15.5. The third-order valence-corrected chi connectivity index (χ3v) is 3.12. The molecule has 0 bridgehead atoms. The summed E-state index contributed by atoms with van der Waals surface area (Å²) in [5.74, 6) is 0.790. The number of hydrogen-bond donors (Lipinski definition) is 1. The number of nitrogens with zero attached hydrogens (tertiary/aromatic N) is 5. The minimum Gasteiger partial charge on any atom is -0.372 e. The zero-order valence-corrected chi connectivity index (χ0v) is 11.5. The molecule has 0 radical (unpaired) electrons. The first-order valence-corrected chi connectivity index (χ1v) is 6.62. The van der Waals surface area contributed by atoms with Crippen LogP contribution in [0.25, 0.3) is 5.69 Å². The molecule has 1 aromatic heterocycles. The second-order valence-electron chi connectivity index (χ2n) is 4.23. The molecule has 0 aliphatic rings. The van der Waals surface area contributed by atoms with Gasteiger partial charge in [0, 0.05) is 25.2 Å². The van der Waals surface area contributed by atoms with Crippen LogP contribution >= 0.6 is 0 Å². The van der Waals surface area contributed by atoms with Gasteiger partial charge in [0.15, 0.2) is 5.82 Å². The molecule has 102 valence electrons. The van der Waals surface area contributed by atoms with Crippen LogP contribution in [0.1, 0.15) is 19.7 Å². The molecular formula is C13H20N6. The SMILES string of the molecule is CCN(CC)c1ccc(-n2nnnc2CCN)cc1. The van der Waals surface area contributed by atoms with Crippen molar-refractivity contribution in [2.24, 2.45) is 5.73 Å². The average molecular weight is 260 g/mol. The van der Waals surface area contributed by atoms with E-state index in [1.54, 1.807) is 4.68 Å². The van der Waals surface area contributed by atoms with Gasteiger partial charge < -0.3 is 10.6 Å². The lowest BCUT2D eigenvalue weighted by molar-refractivity contribution is 0.754. The van der Waals surface area contributed by atoms with Crippen LogP contribution in [0.4, 0.5) is 5.69 Å². The van der Waals surface area contributed by atoms with E-state index in [0.717, 1.165) is 24.6 Å². The molecular weight excluding hydrogens is 240 g/mol. The highest BCUT2D eigenvalue weighted by molar-refractivity contribution is 5.50. The topological polar surface area (TPSA) is 72.9 Å². The van der Waals surface area contributed by atoms with Crippen LogP contribution in [0, 0.1) is 0 Å². The zero-order valence-electron chi connectivity index (χ0n) is 11.5. The van der Waals surface area contributed by atoms with Gasteiger partial charge in [0.25, 0.3) is 0 Å². The van der Waals surface area contributed by atoms with Crippen molar-refractivity contribution in [2.45, 2.75) is 20.3 Å². The Hall–Kier alpha value is -1.95. The Balaban J connectivity index is 2.24. The molecule has 0 atom stereocenters. The molecule has 0 spiro atoms. The standard InChI is InChI=1S/C13H20N6/c1-3-18(4-2)11-5-7-12(8-6-11)19-13(9-10-14)15-16-17-19/h5-8H,3-4,9-10,14H2,1-2H3. The molecule has 1 heterocycles. The van der Waals surface area contributed by atoms with Gasteiger partial charge in [0.1, 0.15) is 0 Å². The molecule has 2 rings (SSSR count). The maximum atomic E-state index is 5.55. The average Bonchev–Trinajstić information content (AvgIpc) is 2.90. The van der Waals surface area contributed by atoms with Crippen molar-refractivity contribution in [3.8, 4) is 5.69 Å². The summed E-state index contributed by atoms with van der Waals surface area (Å²) in [4.78, 5) is 2.30. The summed E-state index contributed by atoms with van der Waals surface area (Å²) < 4.78 is 1.73. The van der Waals surface area contributed by atoms with Gasteiger partial charge >= 0.3 is 0 Å². The lowest BCUT2D eigenvalue weighted by atomic mass is 10.2. The molecule has 1 aromatic carbocycles. The van der Waals surface area contributed by atoms with Crippen molar-refractivity contribution in [2.75, 3.05) is 24.5 Å². The second-order valence-corrected chi connectivity index (χ2v) is 4.23. The number of benzene rings is 1. The first-order valence-electron chi connectivity index (χ1n) is 6.62. The summed E-state index contributed by atoms with van der Waals surface area (Å²) in [7, 11) is 0. The second kappa shape index (κ2) is 6.29. The lowest BCUT2D eigenvalue weighted by Crippen LogP contribution is -2.21. The fourth-order valence-electron chi connectivity index (χ4n) is 2.08. The van der Waals surface area contributed by atoms with Gasteiger partial charge in [-0.1, -0.05) is 0 Å². The molecule has 2 aromatic rings. The van der Waals surface area contributed by atoms with Gasteiger partial charge in [-0.2, -0.15) is 4.68 Å². The molecule has 0 saturated heterocycles. The molecule has 0 fully saturated rings. The minimum absolute atomic E-state index is 0.540. The number of rotatable bonds is 6. The Bertz CT molecular complexity index is 500. The molecule has 2 N–H and O–H groups in total.